The van der Waals surface area contributed by atoms with E-state index >= 15 is 0 Å². The Morgan fingerprint density at radius 2 is 2.06 bits per heavy atom. The molecule has 0 aromatic heterocycles. The molecule has 1 aromatic rings. The fraction of sp³-hybridized carbons (Fsp3) is 0.364. The molecule has 1 aromatic carbocycles. The lowest BCUT2D eigenvalue weighted by atomic mass is 10.0. The number of nitrogens with zero attached hydrogens (tertiary/aromatic N) is 1. The molecule has 0 saturated heterocycles. The van der Waals surface area contributed by atoms with Gasteiger partial charge in [-0.2, -0.15) is 13.2 Å². The van der Waals surface area contributed by atoms with Crippen molar-refractivity contribution in [3.63, 3.8) is 0 Å². The number of alkyl halides is 3. The molecule has 1 aliphatic rings. The zero-order chi connectivity index (χ0) is 12.5. The first-order valence-corrected chi connectivity index (χ1v) is 5.08. The lowest BCUT2D eigenvalue weighted by Gasteiger charge is -2.13. The van der Waals surface area contributed by atoms with Crippen LogP contribution < -0.4 is 5.73 Å². The maximum absolute atomic E-state index is 12.7. The van der Waals surface area contributed by atoms with E-state index in [9.17, 15) is 13.2 Å². The highest BCUT2D eigenvalue weighted by molar-refractivity contribution is 5.73. The Kier molecular flexibility index (Phi) is 2.95. The summed E-state index contributed by atoms with van der Waals surface area (Å²) in [6.07, 6.45) is -4.16. The molecule has 0 radical (unpaired) electrons. The van der Waals surface area contributed by atoms with E-state index < -0.39 is 11.7 Å². The monoisotopic (exact) mass is 244 g/mol. The SMILES string of the molecule is NC1=N[C@@H](Cc2ccccc2C(F)(F)F)CO1. The van der Waals surface area contributed by atoms with Crippen molar-refractivity contribution < 1.29 is 17.9 Å². The number of rotatable bonds is 2. The molecule has 92 valence electrons. The van der Waals surface area contributed by atoms with Gasteiger partial charge in [-0.1, -0.05) is 18.2 Å². The number of aliphatic imine (C=N–C) groups is 1. The van der Waals surface area contributed by atoms with E-state index in [0.717, 1.165) is 6.07 Å². The Balaban J connectivity index is 2.21. The Bertz CT molecular complexity index is 443. The number of nitrogens with two attached hydrogens (primary N) is 1. The van der Waals surface area contributed by atoms with Crippen LogP contribution in [0.1, 0.15) is 11.1 Å². The lowest BCUT2D eigenvalue weighted by molar-refractivity contribution is -0.138. The number of hydrogen-bond donors (Lipinski definition) is 1. The number of amidine groups is 1. The van der Waals surface area contributed by atoms with Crippen molar-refractivity contribution in [2.24, 2.45) is 10.7 Å². The van der Waals surface area contributed by atoms with Gasteiger partial charge in [0.05, 0.1) is 11.6 Å². The van der Waals surface area contributed by atoms with Crippen LogP contribution in [-0.4, -0.2) is 18.7 Å². The van der Waals surface area contributed by atoms with Crippen LogP contribution in [0.4, 0.5) is 13.2 Å². The first kappa shape index (κ1) is 11.8. The van der Waals surface area contributed by atoms with E-state index in [2.05, 4.69) is 4.99 Å². The molecular formula is C11H11F3N2O. The van der Waals surface area contributed by atoms with Gasteiger partial charge in [0.1, 0.15) is 6.61 Å². The summed E-state index contributed by atoms with van der Waals surface area (Å²) in [5, 5.41) is 0. The van der Waals surface area contributed by atoms with Gasteiger partial charge in [0, 0.05) is 0 Å². The Morgan fingerprint density at radius 3 is 2.65 bits per heavy atom. The van der Waals surface area contributed by atoms with E-state index in [-0.39, 0.29) is 30.7 Å². The van der Waals surface area contributed by atoms with Gasteiger partial charge in [0.25, 0.3) is 6.02 Å². The topological polar surface area (TPSA) is 47.6 Å². The van der Waals surface area contributed by atoms with Crippen molar-refractivity contribution in [1.82, 2.24) is 0 Å². The Morgan fingerprint density at radius 1 is 1.35 bits per heavy atom. The summed E-state index contributed by atoms with van der Waals surface area (Å²) in [6, 6.07) is 5.17. The minimum absolute atomic E-state index is 0.0412. The second-order valence-electron chi connectivity index (χ2n) is 3.79. The first-order chi connectivity index (χ1) is 7.97. The van der Waals surface area contributed by atoms with E-state index in [4.69, 9.17) is 10.5 Å². The number of ether oxygens (including phenoxy) is 1. The molecule has 0 saturated carbocycles. The minimum Gasteiger partial charge on any atom is -0.463 e. The van der Waals surface area contributed by atoms with Crippen LogP contribution in [0, 0.1) is 0 Å². The maximum Gasteiger partial charge on any atom is 0.416 e. The fourth-order valence-electron chi connectivity index (χ4n) is 1.77. The van der Waals surface area contributed by atoms with Gasteiger partial charge in [0.2, 0.25) is 0 Å². The summed E-state index contributed by atoms with van der Waals surface area (Å²) in [6.45, 7) is 0.234. The molecule has 1 atom stereocenters. The standard InChI is InChI=1S/C11H11F3N2O/c12-11(13,14)9-4-2-1-3-7(9)5-8-6-17-10(15)16-8/h1-4,8H,5-6H2,(H2,15,16)/t8-/m0/s1. The van der Waals surface area contributed by atoms with Gasteiger partial charge in [-0.05, 0) is 18.1 Å². The van der Waals surface area contributed by atoms with Gasteiger partial charge in [-0.15, -0.1) is 0 Å². The van der Waals surface area contributed by atoms with E-state index in [0.29, 0.717) is 0 Å². The molecule has 3 nitrogen and oxygen atoms in total. The maximum atomic E-state index is 12.7. The predicted octanol–water partition coefficient (Wildman–Crippen LogP) is 1.96. The van der Waals surface area contributed by atoms with Crippen LogP contribution in [-0.2, 0) is 17.3 Å². The van der Waals surface area contributed by atoms with Crippen LogP contribution in [0.2, 0.25) is 0 Å². The van der Waals surface area contributed by atoms with Gasteiger partial charge < -0.3 is 10.5 Å². The first-order valence-electron chi connectivity index (χ1n) is 5.08. The third kappa shape index (κ3) is 2.69. The highest BCUT2D eigenvalue weighted by Crippen LogP contribution is 2.32. The number of benzene rings is 1. The van der Waals surface area contributed by atoms with Gasteiger partial charge in [0.15, 0.2) is 0 Å². The van der Waals surface area contributed by atoms with E-state index in [1.807, 2.05) is 0 Å². The van der Waals surface area contributed by atoms with Crippen LogP contribution in [0.15, 0.2) is 29.3 Å². The predicted molar refractivity (Wildman–Crippen MR) is 56.5 cm³/mol. The molecule has 1 heterocycles. The summed E-state index contributed by atoms with van der Waals surface area (Å²) < 4.78 is 43.0. The molecule has 0 fully saturated rings. The zero-order valence-electron chi connectivity index (χ0n) is 8.87. The third-order valence-electron chi connectivity index (χ3n) is 2.51. The van der Waals surface area contributed by atoms with Crippen molar-refractivity contribution in [3.05, 3.63) is 35.4 Å². The molecule has 2 N–H and O–H groups in total. The molecule has 1 aliphatic heterocycles. The summed E-state index contributed by atoms with van der Waals surface area (Å²) in [5.74, 6) is 0. The summed E-state index contributed by atoms with van der Waals surface area (Å²) in [4.78, 5) is 3.91. The highest BCUT2D eigenvalue weighted by Gasteiger charge is 2.33. The molecule has 17 heavy (non-hydrogen) atoms. The molecule has 0 amide bonds. The second-order valence-corrected chi connectivity index (χ2v) is 3.79. The van der Waals surface area contributed by atoms with Crippen LogP contribution in [0.3, 0.4) is 0 Å². The molecule has 6 heteroatoms. The van der Waals surface area contributed by atoms with E-state index in [1.165, 1.54) is 12.1 Å². The van der Waals surface area contributed by atoms with Gasteiger partial charge in [-0.3, -0.25) is 0 Å². The molecule has 0 aliphatic carbocycles. The summed E-state index contributed by atoms with van der Waals surface area (Å²) >= 11 is 0. The van der Waals surface area contributed by atoms with Crippen LogP contribution in [0.5, 0.6) is 0 Å². The van der Waals surface area contributed by atoms with Crippen LogP contribution >= 0.6 is 0 Å². The van der Waals surface area contributed by atoms with Gasteiger partial charge >= 0.3 is 6.18 Å². The van der Waals surface area contributed by atoms with Crippen molar-refractivity contribution >= 4 is 6.02 Å². The van der Waals surface area contributed by atoms with Crippen molar-refractivity contribution in [1.29, 1.82) is 0 Å². The Labute approximate surface area is 96.1 Å². The molecule has 0 bridgehead atoms. The summed E-state index contributed by atoms with van der Waals surface area (Å²) in [5.41, 5.74) is 4.90. The highest BCUT2D eigenvalue weighted by atomic mass is 19.4. The second kappa shape index (κ2) is 4.27. The smallest absolute Gasteiger partial charge is 0.416 e. The minimum atomic E-state index is -4.34. The molecule has 0 unspecified atom stereocenters. The lowest BCUT2D eigenvalue weighted by Crippen LogP contribution is -2.15. The average Bonchev–Trinajstić information content (AvgIpc) is 2.63. The fourth-order valence-corrected chi connectivity index (χ4v) is 1.77. The molecule has 0 spiro atoms. The quantitative estimate of drug-likeness (QED) is 0.864. The molecular weight excluding hydrogens is 233 g/mol. The van der Waals surface area contributed by atoms with Crippen molar-refractivity contribution in [2.45, 2.75) is 18.6 Å². The zero-order valence-corrected chi connectivity index (χ0v) is 8.87. The summed E-state index contributed by atoms with van der Waals surface area (Å²) in [7, 11) is 0. The Hall–Kier alpha value is -1.72. The largest absolute Gasteiger partial charge is 0.463 e. The van der Waals surface area contributed by atoms with Crippen molar-refractivity contribution in [3.8, 4) is 0 Å². The van der Waals surface area contributed by atoms with E-state index in [1.54, 1.807) is 6.07 Å². The van der Waals surface area contributed by atoms with Crippen molar-refractivity contribution in [2.75, 3.05) is 6.61 Å². The number of halogens is 3. The van der Waals surface area contributed by atoms with Gasteiger partial charge in [-0.25, -0.2) is 4.99 Å². The van der Waals surface area contributed by atoms with Crippen LogP contribution in [0.25, 0.3) is 0 Å². The third-order valence-corrected chi connectivity index (χ3v) is 2.51. The molecule has 2 rings (SSSR count). The number of hydrogen-bond acceptors (Lipinski definition) is 3. The normalized spacial score (nSPS) is 19.9. The average molecular weight is 244 g/mol.